The van der Waals surface area contributed by atoms with Gasteiger partial charge in [0.15, 0.2) is 0 Å². The number of unbranched alkanes of at least 4 members (excludes halogenated alkanes) is 1. The predicted octanol–water partition coefficient (Wildman–Crippen LogP) is 1.26. The number of pyridine rings is 2. The van der Waals surface area contributed by atoms with Crippen LogP contribution in [-0.2, 0) is 41.7 Å². The number of aliphatic carboxylic acids is 3. The van der Waals surface area contributed by atoms with Gasteiger partial charge in [0.2, 0.25) is 5.91 Å². The zero-order chi connectivity index (χ0) is 34.3. The van der Waals surface area contributed by atoms with Crippen LogP contribution in [0.15, 0.2) is 48.8 Å². The van der Waals surface area contributed by atoms with E-state index in [2.05, 4.69) is 30.8 Å². The summed E-state index contributed by atoms with van der Waals surface area (Å²) < 4.78 is 11.2. The topological polar surface area (TPSA) is 230 Å². The minimum absolute atomic E-state index is 0.0403. The average molecular weight is 661 g/mol. The first-order valence-electron chi connectivity index (χ1n) is 15.3. The minimum atomic E-state index is -1.48. The van der Waals surface area contributed by atoms with E-state index < -0.39 is 42.4 Å². The molecule has 0 bridgehead atoms. The van der Waals surface area contributed by atoms with Gasteiger partial charge < -0.3 is 40.7 Å². The summed E-state index contributed by atoms with van der Waals surface area (Å²) in [4.78, 5) is 68.5. The second kappa shape index (κ2) is 22.8. The maximum Gasteiger partial charge on any atom is 0.326 e. The quantitative estimate of drug-likeness (QED) is 0.0825. The van der Waals surface area contributed by atoms with Crippen molar-refractivity contribution in [2.45, 2.75) is 63.7 Å². The van der Waals surface area contributed by atoms with Crippen LogP contribution in [0.4, 0.5) is 4.79 Å². The molecule has 0 aliphatic carbocycles. The molecular weight excluding hydrogens is 616 g/mol. The number of aromatic nitrogens is 2. The van der Waals surface area contributed by atoms with E-state index in [-0.39, 0.29) is 31.8 Å². The van der Waals surface area contributed by atoms with Gasteiger partial charge in [-0.2, -0.15) is 0 Å². The summed E-state index contributed by atoms with van der Waals surface area (Å²) in [7, 11) is 0. The first-order chi connectivity index (χ1) is 22.6. The summed E-state index contributed by atoms with van der Waals surface area (Å²) in [6.07, 6.45) is 3.69. The molecular formula is C31H44N6O10. The van der Waals surface area contributed by atoms with Crippen molar-refractivity contribution in [2.75, 3.05) is 39.5 Å². The van der Waals surface area contributed by atoms with Gasteiger partial charge in [0, 0.05) is 51.4 Å². The lowest BCUT2D eigenvalue weighted by Crippen LogP contribution is -2.51. The predicted molar refractivity (Wildman–Crippen MR) is 167 cm³/mol. The fourth-order valence-electron chi connectivity index (χ4n) is 4.27. The summed E-state index contributed by atoms with van der Waals surface area (Å²) in [5, 5.41) is 34.2. The Bertz CT molecular complexity index is 1200. The highest BCUT2D eigenvalue weighted by atomic mass is 16.5. The van der Waals surface area contributed by atoms with Gasteiger partial charge in [-0.25, -0.2) is 14.4 Å². The molecule has 2 aromatic heterocycles. The Hall–Kier alpha value is -4.67. The van der Waals surface area contributed by atoms with Crippen molar-refractivity contribution < 1.29 is 48.8 Å². The molecule has 16 heteroatoms. The Morgan fingerprint density at radius 2 is 1.30 bits per heavy atom. The molecule has 2 heterocycles. The zero-order valence-corrected chi connectivity index (χ0v) is 26.2. The number of carbonyl (C=O) groups excluding carboxylic acids is 2. The molecule has 0 spiro atoms. The highest BCUT2D eigenvalue weighted by Crippen LogP contribution is 2.07. The second-order valence-electron chi connectivity index (χ2n) is 10.5. The molecule has 47 heavy (non-hydrogen) atoms. The first-order valence-corrected chi connectivity index (χ1v) is 15.3. The van der Waals surface area contributed by atoms with Crippen molar-refractivity contribution in [3.8, 4) is 0 Å². The molecule has 0 aliphatic heterocycles. The zero-order valence-electron chi connectivity index (χ0n) is 26.2. The summed E-state index contributed by atoms with van der Waals surface area (Å²) >= 11 is 0. The van der Waals surface area contributed by atoms with Crippen LogP contribution in [-0.4, -0.2) is 112 Å². The number of nitrogens with zero attached hydrogens (tertiary/aromatic N) is 3. The van der Waals surface area contributed by atoms with E-state index in [0.29, 0.717) is 58.8 Å². The smallest absolute Gasteiger partial charge is 0.326 e. The largest absolute Gasteiger partial charge is 0.481 e. The molecule has 0 saturated carbocycles. The molecule has 2 rings (SSSR count). The van der Waals surface area contributed by atoms with Gasteiger partial charge in [-0.15, -0.1) is 0 Å². The van der Waals surface area contributed by atoms with Crippen molar-refractivity contribution >= 4 is 29.8 Å². The molecule has 2 aromatic rings. The van der Waals surface area contributed by atoms with Crippen molar-refractivity contribution in [2.24, 2.45) is 0 Å². The van der Waals surface area contributed by atoms with Gasteiger partial charge in [-0.3, -0.25) is 24.5 Å². The first kappa shape index (κ1) is 38.5. The number of rotatable bonds is 25. The number of nitrogens with one attached hydrogen (secondary N) is 3. The van der Waals surface area contributed by atoms with Crippen molar-refractivity contribution in [3.05, 3.63) is 60.2 Å². The van der Waals surface area contributed by atoms with Crippen molar-refractivity contribution in [3.63, 3.8) is 0 Å². The third-order valence-corrected chi connectivity index (χ3v) is 6.72. The highest BCUT2D eigenvalue weighted by Gasteiger charge is 2.24. The van der Waals surface area contributed by atoms with E-state index in [1.165, 1.54) is 0 Å². The Morgan fingerprint density at radius 3 is 1.83 bits per heavy atom. The summed E-state index contributed by atoms with van der Waals surface area (Å²) in [6, 6.07) is 7.81. The van der Waals surface area contributed by atoms with Crippen LogP contribution in [0.25, 0.3) is 0 Å². The summed E-state index contributed by atoms with van der Waals surface area (Å²) in [6.45, 7) is 3.69. The standard InChI is InChI=1S/C31H44N6O10/c38-27(34-15-6-3-9-25(29(41)42)35-31(45)36-26(30(43)44)10-11-28(39)40)12-17-46-19-20-47-18-16-37(21-23-7-1-4-13-32-23)22-24-8-2-5-14-33-24/h1-2,4-5,7-8,13-14,25-26H,3,6,9-12,15-22H2,(H,34,38)(H,39,40)(H,41,42)(H,43,44)(H2,35,36,45)/t25-,26+/m1/s1. The Kier molecular flexibility index (Phi) is 18.7. The van der Waals surface area contributed by atoms with E-state index in [0.717, 1.165) is 11.4 Å². The van der Waals surface area contributed by atoms with Gasteiger partial charge >= 0.3 is 23.9 Å². The number of ether oxygens (including phenoxy) is 2. The van der Waals surface area contributed by atoms with E-state index in [1.807, 2.05) is 36.4 Å². The number of hydrogen-bond donors (Lipinski definition) is 6. The molecule has 0 saturated heterocycles. The third-order valence-electron chi connectivity index (χ3n) is 6.72. The number of amides is 3. The van der Waals surface area contributed by atoms with Crippen molar-refractivity contribution in [1.29, 1.82) is 0 Å². The second-order valence-corrected chi connectivity index (χ2v) is 10.5. The Morgan fingerprint density at radius 1 is 0.723 bits per heavy atom. The third kappa shape index (κ3) is 18.2. The molecule has 0 radical (unpaired) electrons. The van der Waals surface area contributed by atoms with Crippen molar-refractivity contribution in [1.82, 2.24) is 30.8 Å². The van der Waals surface area contributed by atoms with Gasteiger partial charge in [0.05, 0.1) is 37.8 Å². The molecule has 0 fully saturated rings. The molecule has 0 unspecified atom stereocenters. The lowest BCUT2D eigenvalue weighted by atomic mass is 10.1. The van der Waals surface area contributed by atoms with E-state index in [1.54, 1.807) is 12.4 Å². The van der Waals surface area contributed by atoms with Gasteiger partial charge in [-0.05, 0) is 49.9 Å². The van der Waals surface area contributed by atoms with E-state index in [4.69, 9.17) is 19.7 Å². The highest BCUT2D eigenvalue weighted by molar-refractivity contribution is 5.86. The van der Waals surface area contributed by atoms with Crippen LogP contribution in [0.3, 0.4) is 0 Å². The van der Waals surface area contributed by atoms with Crippen LogP contribution < -0.4 is 16.0 Å². The molecule has 0 aliphatic rings. The maximum atomic E-state index is 12.1. The maximum absolute atomic E-state index is 12.1. The Balaban J connectivity index is 1.54. The number of carbonyl (C=O) groups is 5. The van der Waals surface area contributed by atoms with Gasteiger partial charge in [0.1, 0.15) is 12.1 Å². The molecule has 258 valence electrons. The molecule has 16 nitrogen and oxygen atoms in total. The SMILES string of the molecule is O=C(O)CC[C@H](NC(=O)N[C@H](CCCCNC(=O)CCOCCOCCN(Cc1ccccn1)Cc1ccccn1)C(=O)O)C(=O)O. The summed E-state index contributed by atoms with van der Waals surface area (Å²) in [5.41, 5.74) is 1.91. The molecule has 0 aromatic carbocycles. The number of hydrogen-bond acceptors (Lipinski definition) is 10. The molecule has 6 N–H and O–H groups in total. The number of urea groups is 1. The Labute approximate surface area is 272 Å². The van der Waals surface area contributed by atoms with E-state index in [9.17, 15) is 29.1 Å². The summed E-state index contributed by atoms with van der Waals surface area (Å²) in [5.74, 6) is -4.20. The number of carboxylic acids is 3. The van der Waals surface area contributed by atoms with Crippen LogP contribution in [0.5, 0.6) is 0 Å². The van der Waals surface area contributed by atoms with Crippen LogP contribution in [0, 0.1) is 0 Å². The fraction of sp³-hybridized carbons (Fsp3) is 0.516. The monoisotopic (exact) mass is 660 g/mol. The van der Waals surface area contributed by atoms with E-state index >= 15 is 0 Å². The van der Waals surface area contributed by atoms with Gasteiger partial charge in [0.25, 0.3) is 0 Å². The lowest BCUT2D eigenvalue weighted by Gasteiger charge is -2.21. The van der Waals surface area contributed by atoms with Crippen LogP contribution in [0.1, 0.15) is 49.9 Å². The normalized spacial score (nSPS) is 12.2. The fourth-order valence-corrected chi connectivity index (χ4v) is 4.27. The average Bonchev–Trinajstić information content (AvgIpc) is 3.04. The van der Waals surface area contributed by atoms with Gasteiger partial charge in [-0.1, -0.05) is 12.1 Å². The minimum Gasteiger partial charge on any atom is -0.481 e. The van der Waals surface area contributed by atoms with Crippen LogP contribution >= 0.6 is 0 Å². The number of carboxylic acid groups (broad SMARTS) is 3. The molecule has 3 amide bonds. The molecule has 2 atom stereocenters. The van der Waals surface area contributed by atoms with Crippen LogP contribution in [0.2, 0.25) is 0 Å². The lowest BCUT2D eigenvalue weighted by molar-refractivity contribution is -0.140.